The van der Waals surface area contributed by atoms with Crippen molar-refractivity contribution in [2.75, 3.05) is 6.61 Å². The smallest absolute Gasteiger partial charge is 0.335 e. The van der Waals surface area contributed by atoms with Crippen LogP contribution in [0.1, 0.15) is 17.3 Å². The second kappa shape index (κ2) is 5.07. The van der Waals surface area contributed by atoms with Crippen molar-refractivity contribution in [3.8, 4) is 5.75 Å². The number of hydrogen-bond acceptors (Lipinski definition) is 2. The van der Waals surface area contributed by atoms with Crippen molar-refractivity contribution in [3.63, 3.8) is 0 Å². The average Bonchev–Trinajstić information content (AvgIpc) is 2.19. The van der Waals surface area contributed by atoms with Crippen molar-refractivity contribution < 1.29 is 14.6 Å². The van der Waals surface area contributed by atoms with E-state index < -0.39 is 5.97 Å². The molecule has 0 saturated carbocycles. The zero-order valence-corrected chi connectivity index (χ0v) is 7.93. The summed E-state index contributed by atoms with van der Waals surface area (Å²) in [5.41, 5.74) is 0.239. The first-order chi connectivity index (χ1) is 6.74. The van der Waals surface area contributed by atoms with Gasteiger partial charge in [0.1, 0.15) is 12.4 Å². The zero-order valence-electron chi connectivity index (χ0n) is 7.93. The number of carboxylic acid groups (broad SMARTS) is 1. The van der Waals surface area contributed by atoms with E-state index in [0.717, 1.165) is 0 Å². The van der Waals surface area contributed by atoms with Crippen LogP contribution in [-0.2, 0) is 0 Å². The quantitative estimate of drug-likeness (QED) is 0.745. The molecule has 3 nitrogen and oxygen atoms in total. The molecule has 0 saturated heterocycles. The lowest BCUT2D eigenvalue weighted by Gasteiger charge is -2.03. The third-order valence-electron chi connectivity index (χ3n) is 1.66. The van der Waals surface area contributed by atoms with Crippen molar-refractivity contribution >= 4 is 5.97 Å². The summed E-state index contributed by atoms with van der Waals surface area (Å²) in [6.45, 7) is 2.36. The standard InChI is InChI=1S/C11H12O3/c1-2-3-7-14-10-6-4-5-9(8-10)11(12)13/h2-6,8H,7H2,1H3,(H,12,13)/b3-2+. The highest BCUT2D eigenvalue weighted by molar-refractivity contribution is 5.87. The minimum absolute atomic E-state index is 0.239. The van der Waals surface area contributed by atoms with E-state index in [4.69, 9.17) is 9.84 Å². The van der Waals surface area contributed by atoms with E-state index in [2.05, 4.69) is 0 Å². The molecule has 1 aromatic carbocycles. The maximum Gasteiger partial charge on any atom is 0.335 e. The Bertz CT molecular complexity index is 342. The first-order valence-electron chi connectivity index (χ1n) is 4.31. The lowest BCUT2D eigenvalue weighted by molar-refractivity contribution is 0.0696. The zero-order chi connectivity index (χ0) is 10.4. The molecule has 0 bridgehead atoms. The Morgan fingerprint density at radius 3 is 3.00 bits per heavy atom. The number of ether oxygens (including phenoxy) is 1. The van der Waals surface area contributed by atoms with Crippen molar-refractivity contribution in [2.45, 2.75) is 6.92 Å². The summed E-state index contributed by atoms with van der Waals surface area (Å²) in [4.78, 5) is 10.6. The van der Waals surface area contributed by atoms with E-state index in [0.29, 0.717) is 12.4 Å². The fourth-order valence-electron chi connectivity index (χ4n) is 0.959. The van der Waals surface area contributed by atoms with Crippen molar-refractivity contribution in [3.05, 3.63) is 42.0 Å². The summed E-state index contributed by atoms with van der Waals surface area (Å²) >= 11 is 0. The van der Waals surface area contributed by atoms with Crippen molar-refractivity contribution in [1.29, 1.82) is 0 Å². The fourth-order valence-corrected chi connectivity index (χ4v) is 0.959. The molecule has 0 atom stereocenters. The predicted octanol–water partition coefficient (Wildman–Crippen LogP) is 2.34. The van der Waals surface area contributed by atoms with Gasteiger partial charge in [-0.3, -0.25) is 0 Å². The van der Waals surface area contributed by atoms with Crippen molar-refractivity contribution in [2.24, 2.45) is 0 Å². The molecule has 0 heterocycles. The van der Waals surface area contributed by atoms with Crippen LogP contribution in [0.25, 0.3) is 0 Å². The molecular formula is C11H12O3. The molecule has 0 spiro atoms. The lowest BCUT2D eigenvalue weighted by Crippen LogP contribution is -1.98. The Morgan fingerprint density at radius 2 is 2.36 bits per heavy atom. The third kappa shape index (κ3) is 2.94. The van der Waals surface area contributed by atoms with Gasteiger partial charge in [0.15, 0.2) is 0 Å². The average molecular weight is 192 g/mol. The van der Waals surface area contributed by atoms with Gasteiger partial charge in [-0.25, -0.2) is 4.79 Å². The van der Waals surface area contributed by atoms with E-state index in [-0.39, 0.29) is 5.56 Å². The first-order valence-corrected chi connectivity index (χ1v) is 4.31. The molecule has 0 aliphatic carbocycles. The molecule has 0 fully saturated rings. The van der Waals surface area contributed by atoms with Gasteiger partial charge in [-0.2, -0.15) is 0 Å². The number of benzene rings is 1. The highest BCUT2D eigenvalue weighted by Gasteiger charge is 2.02. The Labute approximate surface area is 82.6 Å². The van der Waals surface area contributed by atoms with Gasteiger partial charge in [0.2, 0.25) is 0 Å². The van der Waals surface area contributed by atoms with Crippen LogP contribution in [0, 0.1) is 0 Å². The van der Waals surface area contributed by atoms with Gasteiger partial charge < -0.3 is 9.84 Å². The number of carbonyl (C=O) groups is 1. The van der Waals surface area contributed by atoms with Gasteiger partial charge in [-0.1, -0.05) is 18.2 Å². The summed E-state index contributed by atoms with van der Waals surface area (Å²) in [5, 5.41) is 8.71. The minimum atomic E-state index is -0.943. The second-order valence-corrected chi connectivity index (χ2v) is 2.71. The summed E-state index contributed by atoms with van der Waals surface area (Å²) in [5.74, 6) is -0.371. The summed E-state index contributed by atoms with van der Waals surface area (Å²) in [6.07, 6.45) is 3.73. The number of carboxylic acids is 1. The normalized spacial score (nSPS) is 10.4. The molecule has 1 rings (SSSR count). The van der Waals surface area contributed by atoms with Crippen LogP contribution in [0.15, 0.2) is 36.4 Å². The van der Waals surface area contributed by atoms with Gasteiger partial charge in [0, 0.05) is 0 Å². The molecule has 0 aliphatic heterocycles. The number of allylic oxidation sites excluding steroid dienone is 1. The molecule has 14 heavy (non-hydrogen) atoms. The summed E-state index contributed by atoms with van der Waals surface area (Å²) in [6, 6.07) is 6.43. The lowest BCUT2D eigenvalue weighted by atomic mass is 10.2. The Hall–Kier alpha value is -1.77. The van der Waals surface area contributed by atoms with Crippen LogP contribution in [-0.4, -0.2) is 17.7 Å². The van der Waals surface area contributed by atoms with Gasteiger partial charge in [0.25, 0.3) is 0 Å². The number of rotatable bonds is 4. The summed E-state index contributed by atoms with van der Waals surface area (Å²) < 4.78 is 5.29. The van der Waals surface area contributed by atoms with Gasteiger partial charge in [-0.05, 0) is 25.1 Å². The number of hydrogen-bond donors (Lipinski definition) is 1. The predicted molar refractivity (Wildman–Crippen MR) is 53.7 cm³/mol. The molecule has 74 valence electrons. The molecule has 0 aromatic heterocycles. The van der Waals surface area contributed by atoms with Crippen LogP contribution in [0.4, 0.5) is 0 Å². The Morgan fingerprint density at radius 1 is 1.57 bits per heavy atom. The Balaban J connectivity index is 2.68. The first kappa shape index (κ1) is 10.3. The molecule has 1 aromatic rings. The maximum absolute atomic E-state index is 10.6. The fraction of sp³-hybridized carbons (Fsp3) is 0.182. The topological polar surface area (TPSA) is 46.5 Å². The highest BCUT2D eigenvalue weighted by Crippen LogP contribution is 2.13. The van der Waals surface area contributed by atoms with E-state index >= 15 is 0 Å². The van der Waals surface area contributed by atoms with E-state index in [9.17, 15) is 4.79 Å². The van der Waals surface area contributed by atoms with Crippen LogP contribution in [0.2, 0.25) is 0 Å². The Kier molecular flexibility index (Phi) is 3.73. The molecular weight excluding hydrogens is 180 g/mol. The van der Waals surface area contributed by atoms with Gasteiger partial charge >= 0.3 is 5.97 Å². The molecule has 0 aliphatic rings. The largest absolute Gasteiger partial charge is 0.490 e. The highest BCUT2D eigenvalue weighted by atomic mass is 16.5. The molecule has 3 heteroatoms. The number of aromatic carboxylic acids is 1. The van der Waals surface area contributed by atoms with Crippen LogP contribution in [0.3, 0.4) is 0 Å². The molecule has 1 N–H and O–H groups in total. The third-order valence-corrected chi connectivity index (χ3v) is 1.66. The minimum Gasteiger partial charge on any atom is -0.490 e. The van der Waals surface area contributed by atoms with Crippen LogP contribution in [0.5, 0.6) is 5.75 Å². The maximum atomic E-state index is 10.6. The molecule has 0 radical (unpaired) electrons. The molecule has 0 amide bonds. The van der Waals surface area contributed by atoms with Crippen LogP contribution >= 0.6 is 0 Å². The van der Waals surface area contributed by atoms with E-state index in [1.807, 2.05) is 19.1 Å². The monoisotopic (exact) mass is 192 g/mol. The van der Waals surface area contributed by atoms with Gasteiger partial charge in [0.05, 0.1) is 5.56 Å². The van der Waals surface area contributed by atoms with Crippen LogP contribution < -0.4 is 4.74 Å². The molecule has 0 unspecified atom stereocenters. The SMILES string of the molecule is C/C=C/COc1cccc(C(=O)O)c1. The van der Waals surface area contributed by atoms with Gasteiger partial charge in [-0.15, -0.1) is 0 Å². The van der Waals surface area contributed by atoms with Crippen molar-refractivity contribution in [1.82, 2.24) is 0 Å². The van der Waals surface area contributed by atoms with E-state index in [1.165, 1.54) is 12.1 Å². The summed E-state index contributed by atoms with van der Waals surface area (Å²) in [7, 11) is 0. The second-order valence-electron chi connectivity index (χ2n) is 2.71. The van der Waals surface area contributed by atoms with E-state index in [1.54, 1.807) is 12.1 Å².